The number of anilines is 3. The van der Waals surface area contributed by atoms with Crippen molar-refractivity contribution in [3.05, 3.63) is 54.1 Å². The molecule has 2 aliphatic heterocycles. The number of likely N-dealkylation sites (N-methyl/N-ethyl adjacent to an activating group) is 2. The molecule has 6 heteroatoms. The third kappa shape index (κ3) is 2.41. The maximum atomic E-state index is 11.4. The van der Waals surface area contributed by atoms with E-state index in [1.807, 2.05) is 36.4 Å². The van der Waals surface area contributed by atoms with Gasteiger partial charge in [0.15, 0.2) is 0 Å². The van der Waals surface area contributed by atoms with Gasteiger partial charge >= 0.3 is 6.09 Å². The number of nitrogens with one attached hydrogen (secondary N) is 1. The van der Waals surface area contributed by atoms with Gasteiger partial charge in [-0.05, 0) is 49.4 Å². The Balaban J connectivity index is 1.79. The molecular formula is C20H24N4O2. The van der Waals surface area contributed by atoms with Crippen molar-refractivity contribution >= 4 is 23.2 Å². The molecule has 1 amide bonds. The summed E-state index contributed by atoms with van der Waals surface area (Å²) in [4.78, 5) is 16.1. The van der Waals surface area contributed by atoms with Crippen molar-refractivity contribution in [1.82, 2.24) is 10.3 Å². The van der Waals surface area contributed by atoms with E-state index in [1.54, 1.807) is 5.01 Å². The Kier molecular flexibility index (Phi) is 3.80. The number of rotatable bonds is 3. The standard InChI is InChI=1S/C20H24N4O2/c1-20-11-12-22(2)18(20)23(3)17-10-9-15(13-16(17)20)24(21-19(25)26)14-7-5-4-6-8-14/h4-10,13,18,21H,11-12H2,1-3H3,(H,25,26)/t18?,20-/m0/s1. The van der Waals surface area contributed by atoms with Gasteiger partial charge in [-0.3, -0.25) is 9.91 Å². The summed E-state index contributed by atoms with van der Waals surface area (Å²) in [5.74, 6) is 0. The van der Waals surface area contributed by atoms with E-state index >= 15 is 0 Å². The Bertz CT molecular complexity index is 841. The number of fused-ring (bicyclic) bond motifs is 3. The number of carbonyl (C=O) groups is 1. The molecule has 2 atom stereocenters. The number of likely N-dealkylation sites (tertiary alicyclic amines) is 1. The van der Waals surface area contributed by atoms with E-state index in [0.717, 1.165) is 24.3 Å². The lowest BCUT2D eigenvalue weighted by Crippen LogP contribution is -2.45. The summed E-state index contributed by atoms with van der Waals surface area (Å²) in [6.07, 6.45) is 0.341. The van der Waals surface area contributed by atoms with E-state index < -0.39 is 6.09 Å². The third-order valence-corrected chi connectivity index (χ3v) is 5.79. The van der Waals surface area contributed by atoms with Crippen LogP contribution in [0.25, 0.3) is 0 Å². The van der Waals surface area contributed by atoms with Crippen LogP contribution in [0.15, 0.2) is 48.5 Å². The molecule has 0 bridgehead atoms. The molecule has 4 rings (SSSR count). The minimum absolute atomic E-state index is 0.0421. The Morgan fingerprint density at radius 1 is 1.19 bits per heavy atom. The molecule has 1 saturated heterocycles. The van der Waals surface area contributed by atoms with Crippen molar-refractivity contribution in [2.45, 2.75) is 24.9 Å². The van der Waals surface area contributed by atoms with Gasteiger partial charge in [-0.1, -0.05) is 25.1 Å². The first kappa shape index (κ1) is 16.7. The molecule has 2 aliphatic rings. The van der Waals surface area contributed by atoms with Crippen molar-refractivity contribution in [2.75, 3.05) is 30.5 Å². The summed E-state index contributed by atoms with van der Waals surface area (Å²) < 4.78 is 0. The highest BCUT2D eigenvalue weighted by Gasteiger charge is 2.52. The predicted molar refractivity (Wildman–Crippen MR) is 103 cm³/mol. The first-order valence-corrected chi connectivity index (χ1v) is 8.84. The van der Waals surface area contributed by atoms with Crippen LogP contribution in [0.4, 0.5) is 21.9 Å². The summed E-state index contributed by atoms with van der Waals surface area (Å²) in [7, 11) is 4.31. The lowest BCUT2D eigenvalue weighted by Gasteiger charge is -2.32. The topological polar surface area (TPSA) is 59.1 Å². The van der Waals surface area contributed by atoms with Crippen molar-refractivity contribution in [2.24, 2.45) is 0 Å². The van der Waals surface area contributed by atoms with Crippen molar-refractivity contribution in [3.63, 3.8) is 0 Å². The highest BCUT2D eigenvalue weighted by atomic mass is 16.4. The predicted octanol–water partition coefficient (Wildman–Crippen LogP) is 3.38. The second-order valence-corrected chi connectivity index (χ2v) is 7.42. The van der Waals surface area contributed by atoms with Crippen LogP contribution in [0.5, 0.6) is 0 Å². The van der Waals surface area contributed by atoms with Crippen molar-refractivity contribution in [1.29, 1.82) is 0 Å². The lowest BCUT2D eigenvalue weighted by atomic mass is 9.81. The van der Waals surface area contributed by atoms with E-state index in [4.69, 9.17) is 0 Å². The fourth-order valence-electron chi connectivity index (χ4n) is 4.65. The largest absolute Gasteiger partial charge is 0.464 e. The average Bonchev–Trinajstić information content (AvgIpc) is 3.06. The molecular weight excluding hydrogens is 328 g/mol. The van der Waals surface area contributed by atoms with Gasteiger partial charge in [0, 0.05) is 24.7 Å². The van der Waals surface area contributed by atoms with Crippen LogP contribution in [0.2, 0.25) is 0 Å². The SMILES string of the molecule is CN1CC[C@@]2(C)c3cc(N(NC(=O)O)c4ccccc4)ccc3N(C)C12. The molecule has 2 aromatic carbocycles. The van der Waals surface area contributed by atoms with Crippen LogP contribution in [0.1, 0.15) is 18.9 Å². The number of para-hydroxylation sites is 1. The Hall–Kier alpha value is -2.73. The Labute approximate surface area is 153 Å². The zero-order valence-electron chi connectivity index (χ0n) is 15.3. The van der Waals surface area contributed by atoms with Gasteiger partial charge in [-0.25, -0.2) is 10.2 Å². The number of carboxylic acid groups (broad SMARTS) is 1. The molecule has 2 heterocycles. The minimum Gasteiger partial charge on any atom is -0.464 e. The van der Waals surface area contributed by atoms with Gasteiger partial charge in [0.25, 0.3) is 0 Å². The van der Waals surface area contributed by atoms with Gasteiger partial charge in [0.2, 0.25) is 0 Å². The zero-order valence-corrected chi connectivity index (χ0v) is 15.3. The quantitative estimate of drug-likeness (QED) is 0.830. The maximum Gasteiger partial charge on any atom is 0.423 e. The van der Waals surface area contributed by atoms with Crippen LogP contribution in [0.3, 0.4) is 0 Å². The van der Waals surface area contributed by atoms with E-state index in [1.165, 1.54) is 11.3 Å². The van der Waals surface area contributed by atoms with Crippen molar-refractivity contribution in [3.8, 4) is 0 Å². The molecule has 2 N–H and O–H groups in total. The number of benzene rings is 2. The van der Waals surface area contributed by atoms with Gasteiger partial charge < -0.3 is 10.0 Å². The number of hydrazine groups is 1. The number of nitrogens with zero attached hydrogens (tertiary/aromatic N) is 3. The van der Waals surface area contributed by atoms with E-state index in [9.17, 15) is 9.90 Å². The fraction of sp³-hybridized carbons (Fsp3) is 0.350. The van der Waals surface area contributed by atoms with Gasteiger partial charge in [0.1, 0.15) is 0 Å². The van der Waals surface area contributed by atoms with Gasteiger partial charge in [-0.15, -0.1) is 0 Å². The van der Waals surface area contributed by atoms with E-state index in [0.29, 0.717) is 6.17 Å². The van der Waals surface area contributed by atoms with Gasteiger partial charge in [0.05, 0.1) is 17.5 Å². The molecule has 0 aliphatic carbocycles. The normalized spacial score (nSPS) is 24.3. The van der Waals surface area contributed by atoms with Crippen LogP contribution in [0, 0.1) is 0 Å². The number of hydrogen-bond acceptors (Lipinski definition) is 4. The monoisotopic (exact) mass is 352 g/mol. The molecule has 6 nitrogen and oxygen atoms in total. The molecule has 0 saturated carbocycles. The summed E-state index contributed by atoms with van der Waals surface area (Å²) in [5.41, 5.74) is 6.67. The summed E-state index contributed by atoms with van der Waals surface area (Å²) in [5, 5.41) is 10.9. The summed E-state index contributed by atoms with van der Waals surface area (Å²) >= 11 is 0. The van der Waals surface area contributed by atoms with E-state index in [-0.39, 0.29) is 5.41 Å². The highest BCUT2D eigenvalue weighted by Crippen LogP contribution is 2.51. The maximum absolute atomic E-state index is 11.4. The molecule has 1 fully saturated rings. The van der Waals surface area contributed by atoms with Crippen LogP contribution >= 0.6 is 0 Å². The summed E-state index contributed by atoms with van der Waals surface area (Å²) in [6.45, 7) is 3.37. The lowest BCUT2D eigenvalue weighted by molar-refractivity contribution is 0.194. The fourth-order valence-corrected chi connectivity index (χ4v) is 4.65. The second kappa shape index (κ2) is 5.92. The van der Waals surface area contributed by atoms with Gasteiger partial charge in [-0.2, -0.15) is 0 Å². The first-order valence-electron chi connectivity index (χ1n) is 8.84. The first-order chi connectivity index (χ1) is 12.4. The summed E-state index contributed by atoms with van der Waals surface area (Å²) in [6, 6.07) is 15.7. The number of hydrogen-bond donors (Lipinski definition) is 2. The smallest absolute Gasteiger partial charge is 0.423 e. The van der Waals surface area contributed by atoms with Crippen molar-refractivity contribution < 1.29 is 9.90 Å². The molecule has 2 aromatic rings. The zero-order chi connectivity index (χ0) is 18.5. The van der Waals surface area contributed by atoms with E-state index in [2.05, 4.69) is 48.4 Å². The molecule has 0 radical (unpaired) electrons. The molecule has 0 aromatic heterocycles. The Morgan fingerprint density at radius 3 is 2.62 bits per heavy atom. The van der Waals surface area contributed by atoms with Crippen LogP contribution in [-0.4, -0.2) is 42.9 Å². The highest BCUT2D eigenvalue weighted by molar-refractivity contribution is 5.76. The molecule has 0 spiro atoms. The average molecular weight is 352 g/mol. The molecule has 136 valence electrons. The number of amides is 1. The third-order valence-electron chi connectivity index (χ3n) is 5.79. The minimum atomic E-state index is -1.09. The van der Waals surface area contributed by atoms with Crippen LogP contribution < -0.4 is 15.3 Å². The molecule has 1 unspecified atom stereocenters. The van der Waals surface area contributed by atoms with Crippen LogP contribution in [-0.2, 0) is 5.41 Å². The Morgan fingerprint density at radius 2 is 1.92 bits per heavy atom. The second-order valence-electron chi connectivity index (χ2n) is 7.42. The molecule has 26 heavy (non-hydrogen) atoms.